The standard InChI is InChI=1S/C26H32N10.C21H19Cl2N9.C4H8O.C2H8N2.CH2O3.2K.H/c1-3-4-17-27-23-34-24(36-26(35-23)32-21-14-9-6-10-15-21)28-18-11-16-22-29-19(2)30-25(33-22)31-20-12-7-5-8-13-20;22-17-27-16(28-20(30-17)25-14-8-3-1-4-9-14)12-7-13-24-19-29-18(23)31-21(32-19)26-15-10-5-2-6-11-15;1-2-4-5-3-1;3-1-2-4;2-1-4-3;;;/h5-10,12-15H,3-4,11,16-18H2,1-2H3,(H,29,30,31,33)(H3,27,28,32,34,35,36);1-6,8-11H,7,12-13H2,(H,25,27,28,30)(H2,24,26,29,31,32);1-4H2;1-4H2;1,3H;;;/q;;;;;2*+1;-1/p-1. The van der Waals surface area contributed by atoms with Crippen LogP contribution in [-0.4, -0.2) is 112 Å². The molecule has 0 spiro atoms. The number of nitrogens with zero attached hydrogens (tertiary/aromatic N) is 12. The van der Waals surface area contributed by atoms with Crippen molar-refractivity contribution in [2.45, 2.75) is 65.2 Å². The van der Waals surface area contributed by atoms with Gasteiger partial charge in [0.15, 0.2) is 0 Å². The number of nitrogens with one attached hydrogen (secondary N) is 7. The zero-order valence-corrected chi connectivity index (χ0v) is 54.9. The number of halogens is 2. The van der Waals surface area contributed by atoms with Gasteiger partial charge in [-0.25, -0.2) is 9.97 Å². The number of ether oxygens (including phenoxy) is 1. The Labute approximate surface area is 580 Å². The minimum absolute atomic E-state index is 0. The number of carbonyl (C=O) groups excluding carboxylic acids is 1. The Kier molecular flexibility index (Phi) is 38.3. The van der Waals surface area contributed by atoms with Crippen LogP contribution in [0.4, 0.5) is 64.4 Å². The fourth-order valence-corrected chi connectivity index (χ4v) is 7.06. The number of aryl methyl sites for hydroxylation is 3. The summed E-state index contributed by atoms with van der Waals surface area (Å²) in [6, 6.07) is 38.9. The molecule has 430 valence electrons. The van der Waals surface area contributed by atoms with Crippen molar-refractivity contribution in [3.63, 3.8) is 0 Å². The average Bonchev–Trinajstić information content (AvgIpc) is 4.17. The maximum absolute atomic E-state index is 8.64. The van der Waals surface area contributed by atoms with Crippen LogP contribution >= 0.6 is 23.2 Å². The number of carbonyl (C=O) groups is 1. The van der Waals surface area contributed by atoms with E-state index in [2.05, 4.69) is 109 Å². The molecule has 0 radical (unpaired) electrons. The van der Waals surface area contributed by atoms with Crippen LogP contribution in [-0.2, 0) is 27.3 Å². The third-order valence-corrected chi connectivity index (χ3v) is 10.7. The third kappa shape index (κ3) is 31.4. The van der Waals surface area contributed by atoms with Crippen LogP contribution in [0.15, 0.2) is 121 Å². The summed E-state index contributed by atoms with van der Waals surface area (Å²) >= 11 is 12.1. The molecule has 25 nitrogen and oxygen atoms in total. The van der Waals surface area contributed by atoms with Crippen molar-refractivity contribution in [2.24, 2.45) is 11.5 Å². The third-order valence-electron chi connectivity index (χ3n) is 10.4. The van der Waals surface area contributed by atoms with Gasteiger partial charge in [-0.3, -0.25) is 4.79 Å². The van der Waals surface area contributed by atoms with Gasteiger partial charge in [0.1, 0.15) is 17.5 Å². The predicted molar refractivity (Wildman–Crippen MR) is 316 cm³/mol. The second-order valence-electron chi connectivity index (χ2n) is 16.9. The Balaban J connectivity index is 0.000000460. The summed E-state index contributed by atoms with van der Waals surface area (Å²) in [6.45, 7) is 9.09. The van der Waals surface area contributed by atoms with Gasteiger partial charge in [-0.05, 0) is 111 Å². The number of hydrogen-bond acceptors (Lipinski definition) is 25. The van der Waals surface area contributed by atoms with E-state index in [1.165, 1.54) is 12.8 Å². The molecule has 9 rings (SSSR count). The largest absolute Gasteiger partial charge is 1.00 e. The minimum atomic E-state index is -0.181. The minimum Gasteiger partial charge on any atom is -1.00 e. The maximum Gasteiger partial charge on any atom is 1.00 e. The summed E-state index contributed by atoms with van der Waals surface area (Å²) < 4.78 is 4.94. The second kappa shape index (κ2) is 44.2. The Hall–Kier alpha value is -5.32. The van der Waals surface area contributed by atoms with Crippen LogP contribution in [0.3, 0.4) is 0 Å². The van der Waals surface area contributed by atoms with Crippen LogP contribution in [0.5, 0.6) is 0 Å². The molecule has 1 fully saturated rings. The number of hydrogen-bond donors (Lipinski definition) is 9. The van der Waals surface area contributed by atoms with E-state index in [9.17, 15) is 0 Å². The van der Waals surface area contributed by atoms with Crippen molar-refractivity contribution >= 4 is 94.1 Å². The smallest absolute Gasteiger partial charge is 1.00 e. The van der Waals surface area contributed by atoms with Gasteiger partial charge in [0.05, 0.1) is 0 Å². The molecule has 5 heterocycles. The van der Waals surface area contributed by atoms with Crippen molar-refractivity contribution in [3.8, 4) is 0 Å². The normalized spacial score (nSPS) is 10.7. The SMILES string of the molecule is C1CCOC1.CCCCNc1nc(NCCCc2nc(C)nc(Nc3ccccc3)n2)nc(Nc2ccccc2)n1.Clc1nc(CCCNc2nc(Cl)nc(Nc3ccccc3)n2)nc(Nc2ccccc2)n1.NCCN.O=CO[O-].[H-].[K+].[K+]. The summed E-state index contributed by atoms with van der Waals surface area (Å²) in [6.07, 6.45) is 7.50. The molecule has 0 saturated carbocycles. The average molecular weight is 1230 g/mol. The van der Waals surface area contributed by atoms with E-state index in [0.717, 1.165) is 74.0 Å². The second-order valence-corrected chi connectivity index (χ2v) is 17.6. The molecular weight excluding hydrogens is 1160 g/mol. The molecule has 1 saturated heterocycles. The monoisotopic (exact) mass is 1220 g/mol. The molecule has 0 amide bonds. The van der Waals surface area contributed by atoms with Crippen LogP contribution in [0.2, 0.25) is 10.6 Å². The molecule has 29 heteroatoms. The fourth-order valence-electron chi connectivity index (χ4n) is 6.72. The number of rotatable bonds is 24. The van der Waals surface area contributed by atoms with Crippen molar-refractivity contribution < 1.29 is 124 Å². The van der Waals surface area contributed by atoms with Crippen molar-refractivity contribution in [2.75, 3.05) is 83.2 Å². The number of aromatic nitrogens is 12. The molecular formula is C54H69Cl2K2N21O4. The maximum atomic E-state index is 8.64. The molecule has 1 aliphatic heterocycles. The summed E-state index contributed by atoms with van der Waals surface area (Å²) in [5, 5.41) is 31.1. The van der Waals surface area contributed by atoms with Crippen molar-refractivity contribution in [3.05, 3.63) is 149 Å². The van der Waals surface area contributed by atoms with Crippen LogP contribution in [0, 0.1) is 6.92 Å². The molecule has 0 unspecified atom stereocenters. The van der Waals surface area contributed by atoms with Gasteiger partial charge in [0, 0.05) is 81.5 Å². The summed E-state index contributed by atoms with van der Waals surface area (Å²) in [4.78, 5) is 63.6. The topological polar surface area (TPSA) is 350 Å². The molecule has 11 N–H and O–H groups in total. The molecule has 0 bridgehead atoms. The van der Waals surface area contributed by atoms with Crippen LogP contribution in [0.1, 0.15) is 64.3 Å². The van der Waals surface area contributed by atoms with Crippen LogP contribution < -0.4 is 157 Å². The fraction of sp³-hybridized carbons (Fsp3) is 0.315. The first-order valence-electron chi connectivity index (χ1n) is 26.1. The van der Waals surface area contributed by atoms with Crippen molar-refractivity contribution in [1.82, 2.24) is 59.8 Å². The predicted octanol–water partition coefficient (Wildman–Crippen LogP) is 2.26. The quantitative estimate of drug-likeness (QED) is 0.0138. The summed E-state index contributed by atoms with van der Waals surface area (Å²) in [7, 11) is 0. The molecule has 8 aromatic rings. The van der Waals surface area contributed by atoms with E-state index in [0.29, 0.717) is 92.3 Å². The van der Waals surface area contributed by atoms with E-state index < -0.39 is 0 Å². The Morgan fingerprint density at radius 1 is 0.506 bits per heavy atom. The summed E-state index contributed by atoms with van der Waals surface area (Å²) in [5.41, 5.74) is 13.4. The number of anilines is 11. The number of para-hydroxylation sites is 4. The van der Waals surface area contributed by atoms with Gasteiger partial charge in [0.2, 0.25) is 52.2 Å². The van der Waals surface area contributed by atoms with E-state index in [-0.39, 0.29) is 121 Å². The Morgan fingerprint density at radius 3 is 1.20 bits per heavy atom. The first-order chi connectivity index (χ1) is 39.6. The van der Waals surface area contributed by atoms with Gasteiger partial charge in [-0.15, -0.1) is 0 Å². The number of unbranched alkanes of at least 4 members (excludes halogenated alkanes) is 1. The van der Waals surface area contributed by atoms with Gasteiger partial charge < -0.3 is 65.0 Å². The van der Waals surface area contributed by atoms with Gasteiger partial charge in [-0.2, -0.15) is 49.8 Å². The number of nitrogens with two attached hydrogens (primary N) is 2. The summed E-state index contributed by atoms with van der Waals surface area (Å²) in [5.74, 6) is 5.25. The molecule has 4 aromatic carbocycles. The van der Waals surface area contributed by atoms with E-state index in [4.69, 9.17) is 49.5 Å². The molecule has 4 aromatic heterocycles. The van der Waals surface area contributed by atoms with Crippen LogP contribution in [0.25, 0.3) is 0 Å². The van der Waals surface area contributed by atoms with Gasteiger partial charge >= 0.3 is 103 Å². The number of benzene rings is 4. The zero-order chi connectivity index (χ0) is 57.5. The first kappa shape index (κ1) is 71.9. The van der Waals surface area contributed by atoms with E-state index in [1.54, 1.807) is 0 Å². The molecule has 83 heavy (non-hydrogen) atoms. The van der Waals surface area contributed by atoms with Gasteiger partial charge in [0.25, 0.3) is 6.47 Å². The molecule has 0 atom stereocenters. The molecule has 1 aliphatic rings. The Morgan fingerprint density at radius 2 is 0.831 bits per heavy atom. The van der Waals surface area contributed by atoms with E-state index >= 15 is 0 Å². The van der Waals surface area contributed by atoms with Crippen molar-refractivity contribution in [1.29, 1.82) is 0 Å². The first-order valence-corrected chi connectivity index (χ1v) is 26.9. The Bertz CT molecular complexity index is 2900. The molecule has 0 aliphatic carbocycles. The van der Waals surface area contributed by atoms with E-state index in [1.807, 2.05) is 128 Å². The van der Waals surface area contributed by atoms with Gasteiger partial charge in [-0.1, -0.05) is 86.1 Å². The zero-order valence-electron chi connectivity index (χ0n) is 48.1.